The zero-order valence-corrected chi connectivity index (χ0v) is 17.7. The Kier molecular flexibility index (Phi) is 6.45. The monoisotopic (exact) mass is 366 g/mol. The fourth-order valence-electron chi connectivity index (χ4n) is 4.39. The average Bonchev–Trinajstić information content (AvgIpc) is 2.51. The summed E-state index contributed by atoms with van der Waals surface area (Å²) in [6.07, 6.45) is 8.19. The number of carbonyl (C=O) groups is 2. The lowest BCUT2D eigenvalue weighted by Crippen LogP contribution is -2.44. The molecule has 0 heterocycles. The highest BCUT2D eigenvalue weighted by Gasteiger charge is 2.46. The van der Waals surface area contributed by atoms with Gasteiger partial charge in [0.2, 0.25) is 0 Å². The van der Waals surface area contributed by atoms with E-state index in [0.717, 1.165) is 51.4 Å². The van der Waals surface area contributed by atoms with Gasteiger partial charge in [0.15, 0.2) is 5.41 Å². The highest BCUT2D eigenvalue weighted by molar-refractivity contribution is 5.99. The van der Waals surface area contributed by atoms with Crippen LogP contribution in [0.4, 0.5) is 0 Å². The number of hydrogen-bond acceptors (Lipinski definition) is 4. The molecule has 0 spiro atoms. The van der Waals surface area contributed by atoms with Crippen LogP contribution in [0, 0.1) is 16.2 Å². The number of rotatable bonds is 5. The molecular formula is C22H38O4. The van der Waals surface area contributed by atoms with Gasteiger partial charge in [-0.2, -0.15) is 0 Å². The third kappa shape index (κ3) is 5.23. The summed E-state index contributed by atoms with van der Waals surface area (Å²) in [7, 11) is 0. The lowest BCUT2D eigenvalue weighted by molar-refractivity contribution is -0.181. The third-order valence-electron chi connectivity index (χ3n) is 6.48. The highest BCUT2D eigenvalue weighted by atomic mass is 16.6. The second-order valence-corrected chi connectivity index (χ2v) is 10.3. The standard InChI is InChI=1S/C22H38O4/c1-7-22(6,18(23)25-16-10-8-12-20(2,3)14-16)19(24)26-17-11-9-13-21(4,5)15-17/h16-17H,7-15H2,1-6H3. The van der Waals surface area contributed by atoms with Crippen LogP contribution in [0.15, 0.2) is 0 Å². The van der Waals surface area contributed by atoms with Gasteiger partial charge in [-0.1, -0.05) is 34.6 Å². The molecule has 4 nitrogen and oxygen atoms in total. The number of hydrogen-bond donors (Lipinski definition) is 0. The highest BCUT2D eigenvalue weighted by Crippen LogP contribution is 2.39. The van der Waals surface area contributed by atoms with Crippen molar-refractivity contribution in [3.63, 3.8) is 0 Å². The Morgan fingerprint density at radius 1 is 0.885 bits per heavy atom. The van der Waals surface area contributed by atoms with Crippen LogP contribution in [-0.4, -0.2) is 24.1 Å². The van der Waals surface area contributed by atoms with Crippen molar-refractivity contribution in [1.82, 2.24) is 0 Å². The molecule has 2 unspecified atom stereocenters. The maximum absolute atomic E-state index is 12.9. The number of esters is 2. The van der Waals surface area contributed by atoms with Gasteiger partial charge >= 0.3 is 11.9 Å². The molecule has 0 saturated heterocycles. The predicted octanol–water partition coefficient (Wildman–Crippen LogP) is 5.43. The first-order valence-corrected chi connectivity index (χ1v) is 10.4. The van der Waals surface area contributed by atoms with Crippen molar-refractivity contribution in [3.8, 4) is 0 Å². The number of ether oxygens (including phenoxy) is 2. The Labute approximate surface area is 159 Å². The minimum atomic E-state index is -1.21. The maximum atomic E-state index is 12.9. The molecule has 0 aromatic carbocycles. The average molecular weight is 367 g/mol. The van der Waals surface area contributed by atoms with E-state index in [2.05, 4.69) is 27.7 Å². The van der Waals surface area contributed by atoms with Crippen molar-refractivity contribution in [2.75, 3.05) is 0 Å². The molecule has 0 bridgehead atoms. The summed E-state index contributed by atoms with van der Waals surface area (Å²) < 4.78 is 11.6. The van der Waals surface area contributed by atoms with E-state index in [9.17, 15) is 9.59 Å². The van der Waals surface area contributed by atoms with E-state index in [1.807, 2.05) is 6.92 Å². The van der Waals surface area contributed by atoms with Crippen molar-refractivity contribution in [2.24, 2.45) is 16.2 Å². The summed E-state index contributed by atoms with van der Waals surface area (Å²) in [6, 6.07) is 0. The van der Waals surface area contributed by atoms with Crippen molar-refractivity contribution >= 4 is 11.9 Å². The van der Waals surface area contributed by atoms with E-state index in [1.165, 1.54) is 0 Å². The van der Waals surface area contributed by atoms with Crippen LogP contribution < -0.4 is 0 Å². The summed E-state index contributed by atoms with van der Waals surface area (Å²) in [6.45, 7) is 12.4. The molecule has 2 saturated carbocycles. The Morgan fingerprint density at radius 2 is 1.27 bits per heavy atom. The van der Waals surface area contributed by atoms with Gasteiger partial charge in [-0.15, -0.1) is 0 Å². The molecule has 0 aromatic rings. The van der Waals surface area contributed by atoms with Crippen LogP contribution in [0.25, 0.3) is 0 Å². The van der Waals surface area contributed by atoms with Crippen molar-refractivity contribution < 1.29 is 19.1 Å². The van der Waals surface area contributed by atoms with Crippen molar-refractivity contribution in [2.45, 2.75) is 112 Å². The van der Waals surface area contributed by atoms with Crippen molar-refractivity contribution in [3.05, 3.63) is 0 Å². The molecule has 0 aromatic heterocycles. The van der Waals surface area contributed by atoms with Crippen LogP contribution in [0.3, 0.4) is 0 Å². The fraction of sp³-hybridized carbons (Fsp3) is 0.909. The van der Waals surface area contributed by atoms with Gasteiger partial charge in [0.25, 0.3) is 0 Å². The lowest BCUT2D eigenvalue weighted by Gasteiger charge is -2.38. The normalized spacial score (nSPS) is 30.1. The molecule has 150 valence electrons. The minimum absolute atomic E-state index is 0.0847. The van der Waals surface area contributed by atoms with E-state index in [4.69, 9.17) is 9.47 Å². The van der Waals surface area contributed by atoms with Gasteiger partial charge in [0.1, 0.15) is 12.2 Å². The maximum Gasteiger partial charge on any atom is 0.323 e. The summed E-state index contributed by atoms with van der Waals surface area (Å²) in [5, 5.41) is 0. The molecule has 2 aliphatic carbocycles. The fourth-order valence-corrected chi connectivity index (χ4v) is 4.39. The molecule has 2 rings (SSSR count). The van der Waals surface area contributed by atoms with Crippen LogP contribution >= 0.6 is 0 Å². The van der Waals surface area contributed by atoms with E-state index in [0.29, 0.717) is 6.42 Å². The Morgan fingerprint density at radius 3 is 1.58 bits per heavy atom. The first-order chi connectivity index (χ1) is 12.0. The molecule has 2 fully saturated rings. The van der Waals surface area contributed by atoms with Crippen LogP contribution in [-0.2, 0) is 19.1 Å². The quantitative estimate of drug-likeness (QED) is 0.481. The molecule has 0 amide bonds. The molecule has 26 heavy (non-hydrogen) atoms. The van der Waals surface area contributed by atoms with Crippen LogP contribution in [0.2, 0.25) is 0 Å². The second kappa shape index (κ2) is 7.90. The molecule has 0 aliphatic heterocycles. The first kappa shape index (κ1) is 21.2. The Hall–Kier alpha value is -1.06. The molecule has 2 atom stereocenters. The van der Waals surface area contributed by atoms with Gasteiger partial charge in [0.05, 0.1) is 0 Å². The number of carbonyl (C=O) groups excluding carboxylic acids is 2. The molecule has 2 aliphatic rings. The van der Waals surface area contributed by atoms with Crippen LogP contribution in [0.5, 0.6) is 0 Å². The first-order valence-electron chi connectivity index (χ1n) is 10.4. The second-order valence-electron chi connectivity index (χ2n) is 10.3. The summed E-state index contributed by atoms with van der Waals surface area (Å²) in [4.78, 5) is 25.7. The van der Waals surface area contributed by atoms with Gasteiger partial charge in [-0.05, 0) is 75.5 Å². The molecule has 0 N–H and O–H groups in total. The van der Waals surface area contributed by atoms with Crippen LogP contribution in [0.1, 0.15) is 99.3 Å². The van der Waals surface area contributed by atoms with Gasteiger partial charge in [0, 0.05) is 0 Å². The van der Waals surface area contributed by atoms with E-state index < -0.39 is 17.4 Å². The lowest BCUT2D eigenvalue weighted by atomic mass is 9.76. The minimum Gasteiger partial charge on any atom is -0.462 e. The molecule has 4 heteroatoms. The van der Waals surface area contributed by atoms with Gasteiger partial charge < -0.3 is 9.47 Å². The van der Waals surface area contributed by atoms with E-state index in [1.54, 1.807) is 6.92 Å². The summed E-state index contributed by atoms with van der Waals surface area (Å²) in [5.74, 6) is -0.828. The van der Waals surface area contributed by atoms with E-state index in [-0.39, 0.29) is 23.0 Å². The Bertz CT molecular complexity index is 478. The van der Waals surface area contributed by atoms with E-state index >= 15 is 0 Å². The third-order valence-corrected chi connectivity index (χ3v) is 6.48. The summed E-state index contributed by atoms with van der Waals surface area (Å²) in [5.41, 5.74) is -0.816. The van der Waals surface area contributed by atoms with Gasteiger partial charge in [-0.3, -0.25) is 9.59 Å². The largest absolute Gasteiger partial charge is 0.462 e. The van der Waals surface area contributed by atoms with Gasteiger partial charge in [-0.25, -0.2) is 0 Å². The topological polar surface area (TPSA) is 52.6 Å². The molecular weight excluding hydrogens is 328 g/mol. The zero-order valence-electron chi connectivity index (χ0n) is 17.7. The molecule has 0 radical (unpaired) electrons. The zero-order chi connectivity index (χ0) is 19.6. The van der Waals surface area contributed by atoms with Crippen molar-refractivity contribution in [1.29, 1.82) is 0 Å². The Balaban J connectivity index is 1.99. The SMILES string of the molecule is CCC(C)(C(=O)OC1CCCC(C)(C)C1)C(=O)OC1CCCC(C)(C)C1. The smallest absolute Gasteiger partial charge is 0.323 e. The predicted molar refractivity (Wildman–Crippen MR) is 103 cm³/mol. The summed E-state index contributed by atoms with van der Waals surface area (Å²) >= 11 is 0.